The third-order valence-corrected chi connectivity index (χ3v) is 4.25. The number of aliphatic imine (C=N–C) groups is 2. The van der Waals surface area contributed by atoms with Gasteiger partial charge in [0.15, 0.2) is 0 Å². The van der Waals surface area contributed by atoms with Crippen molar-refractivity contribution in [2.24, 2.45) is 15.9 Å². The number of ketones is 1. The van der Waals surface area contributed by atoms with Gasteiger partial charge in [-0.3, -0.25) is 9.79 Å². The van der Waals surface area contributed by atoms with Gasteiger partial charge in [-0.05, 0) is 30.6 Å². The molecular formula is C17H14N2O. The van der Waals surface area contributed by atoms with Crippen LogP contribution < -0.4 is 0 Å². The molecule has 0 saturated heterocycles. The van der Waals surface area contributed by atoms with Crippen molar-refractivity contribution in [1.29, 1.82) is 0 Å². The summed E-state index contributed by atoms with van der Waals surface area (Å²) in [7, 11) is 0. The maximum Gasteiger partial charge on any atom is 0.210 e. The average Bonchev–Trinajstić information content (AvgIpc) is 2.72. The fourth-order valence-electron chi connectivity index (χ4n) is 2.94. The van der Waals surface area contributed by atoms with Crippen LogP contribution in [0.4, 0.5) is 0 Å². The summed E-state index contributed by atoms with van der Waals surface area (Å²) in [5.41, 5.74) is 5.32. The molecule has 0 spiro atoms. The second kappa shape index (κ2) is 3.85. The molecule has 0 bridgehead atoms. The summed E-state index contributed by atoms with van der Waals surface area (Å²) >= 11 is 0. The minimum Gasteiger partial charge on any atom is -0.287 e. The molecule has 1 aromatic rings. The van der Waals surface area contributed by atoms with E-state index in [9.17, 15) is 4.79 Å². The van der Waals surface area contributed by atoms with Crippen LogP contribution in [-0.2, 0) is 0 Å². The quantitative estimate of drug-likeness (QED) is 0.707. The lowest BCUT2D eigenvalue weighted by Gasteiger charge is -2.22. The van der Waals surface area contributed by atoms with Crippen molar-refractivity contribution in [3.8, 4) is 0 Å². The number of nitrogens with zero attached hydrogens (tertiary/aromatic N) is 2. The maximum atomic E-state index is 12.4. The Morgan fingerprint density at radius 3 is 2.85 bits per heavy atom. The molecule has 0 N–H and O–H groups in total. The Morgan fingerprint density at radius 1 is 1.20 bits per heavy atom. The van der Waals surface area contributed by atoms with Crippen LogP contribution in [0.15, 0.2) is 57.7 Å². The van der Waals surface area contributed by atoms with E-state index in [0.717, 1.165) is 22.5 Å². The molecule has 2 atom stereocenters. The molecule has 0 amide bonds. The topological polar surface area (TPSA) is 41.8 Å². The van der Waals surface area contributed by atoms with Crippen LogP contribution in [0.1, 0.15) is 35.8 Å². The number of hydrogen-bond acceptors (Lipinski definition) is 3. The molecule has 4 rings (SSSR count). The van der Waals surface area contributed by atoms with E-state index in [-0.39, 0.29) is 11.8 Å². The zero-order valence-electron chi connectivity index (χ0n) is 11.4. The molecule has 0 radical (unpaired) electrons. The zero-order chi connectivity index (χ0) is 13.9. The summed E-state index contributed by atoms with van der Waals surface area (Å²) in [6.45, 7) is 4.24. The van der Waals surface area contributed by atoms with E-state index < -0.39 is 0 Å². The van der Waals surface area contributed by atoms with Crippen molar-refractivity contribution < 1.29 is 4.79 Å². The molecule has 0 aromatic heterocycles. The third-order valence-electron chi connectivity index (χ3n) is 4.25. The molecule has 3 heteroatoms. The number of fused-ring (bicyclic) bond motifs is 4. The Kier molecular flexibility index (Phi) is 2.22. The first-order valence-electron chi connectivity index (χ1n) is 6.85. The number of benzene rings is 1. The summed E-state index contributed by atoms with van der Waals surface area (Å²) < 4.78 is 0. The lowest BCUT2D eigenvalue weighted by molar-refractivity contribution is 0.106. The van der Waals surface area contributed by atoms with Gasteiger partial charge in [0.2, 0.25) is 5.78 Å². The summed E-state index contributed by atoms with van der Waals surface area (Å²) in [5, 5.41) is 0. The van der Waals surface area contributed by atoms with Gasteiger partial charge in [0.05, 0.1) is 11.4 Å². The first-order chi connectivity index (χ1) is 9.65. The first-order valence-corrected chi connectivity index (χ1v) is 6.85. The number of allylic oxidation sites excluding steroid dienone is 3. The first kappa shape index (κ1) is 11.5. The Morgan fingerprint density at radius 2 is 2.00 bits per heavy atom. The fourth-order valence-corrected chi connectivity index (χ4v) is 2.94. The van der Waals surface area contributed by atoms with Gasteiger partial charge in [-0.15, -0.1) is 0 Å². The second-order valence-electron chi connectivity index (χ2n) is 5.56. The van der Waals surface area contributed by atoms with Crippen LogP contribution >= 0.6 is 0 Å². The highest BCUT2D eigenvalue weighted by atomic mass is 16.1. The molecule has 1 aromatic carbocycles. The number of rotatable bonds is 0. The predicted molar refractivity (Wildman–Crippen MR) is 79.4 cm³/mol. The highest BCUT2D eigenvalue weighted by Crippen LogP contribution is 2.37. The van der Waals surface area contributed by atoms with E-state index in [0.29, 0.717) is 11.6 Å². The monoisotopic (exact) mass is 262 g/mol. The van der Waals surface area contributed by atoms with Crippen LogP contribution in [0.3, 0.4) is 0 Å². The molecule has 3 nitrogen and oxygen atoms in total. The number of Topliss-reactive ketones (excluding diaryl/α,β-unsaturated/α-hetero) is 1. The Labute approximate surface area is 117 Å². The van der Waals surface area contributed by atoms with Crippen LogP contribution in [-0.4, -0.2) is 17.2 Å². The largest absolute Gasteiger partial charge is 0.287 e. The van der Waals surface area contributed by atoms with Crippen LogP contribution in [0.2, 0.25) is 0 Å². The normalized spacial score (nSPS) is 26.8. The second-order valence-corrected chi connectivity index (χ2v) is 5.56. The standard InChI is InChI=1S/C17H14N2O/c1-9-7-13-14(8-10(9)2)19-16-15(18-13)11-5-3-4-6-12(11)17(16)20/h3-8,10,15H,1-2H3. The Hall–Kier alpha value is -2.29. The van der Waals surface area contributed by atoms with Crippen LogP contribution in [0.5, 0.6) is 0 Å². The Bertz CT molecular complexity index is 765. The number of hydrogen-bond donors (Lipinski definition) is 0. The van der Waals surface area contributed by atoms with E-state index in [1.165, 1.54) is 5.57 Å². The molecule has 3 aliphatic rings. The lowest BCUT2D eigenvalue weighted by atomic mass is 9.92. The molecular weight excluding hydrogens is 248 g/mol. The smallest absolute Gasteiger partial charge is 0.210 e. The predicted octanol–water partition coefficient (Wildman–Crippen LogP) is 3.30. The maximum absolute atomic E-state index is 12.4. The molecule has 98 valence electrons. The van der Waals surface area contributed by atoms with Crippen molar-refractivity contribution in [1.82, 2.24) is 0 Å². The third kappa shape index (κ3) is 1.43. The fraction of sp³-hybridized carbons (Fsp3) is 0.235. The molecule has 0 saturated carbocycles. The minimum atomic E-state index is -0.219. The highest BCUT2D eigenvalue weighted by molar-refractivity contribution is 6.52. The molecule has 2 aliphatic carbocycles. The molecule has 20 heavy (non-hydrogen) atoms. The van der Waals surface area contributed by atoms with Gasteiger partial charge in [-0.2, -0.15) is 0 Å². The summed E-state index contributed by atoms with van der Waals surface area (Å²) in [6, 6.07) is 7.45. The van der Waals surface area contributed by atoms with Crippen LogP contribution in [0.25, 0.3) is 0 Å². The van der Waals surface area contributed by atoms with Crippen LogP contribution in [0, 0.1) is 5.92 Å². The van der Waals surface area contributed by atoms with Crippen molar-refractivity contribution in [2.75, 3.05) is 0 Å². The molecule has 2 unspecified atom stereocenters. The molecule has 0 fully saturated rings. The minimum absolute atomic E-state index is 0.0215. The van der Waals surface area contributed by atoms with E-state index in [1.54, 1.807) is 0 Å². The highest BCUT2D eigenvalue weighted by Gasteiger charge is 2.38. The van der Waals surface area contributed by atoms with Crippen molar-refractivity contribution in [3.05, 3.63) is 58.8 Å². The van der Waals surface area contributed by atoms with E-state index in [4.69, 9.17) is 4.99 Å². The number of carbonyl (C=O) groups excluding carboxylic acids is 1. The van der Waals surface area contributed by atoms with E-state index >= 15 is 0 Å². The molecule has 1 aliphatic heterocycles. The van der Waals surface area contributed by atoms with Crippen molar-refractivity contribution in [3.63, 3.8) is 0 Å². The van der Waals surface area contributed by atoms with Gasteiger partial charge >= 0.3 is 0 Å². The van der Waals surface area contributed by atoms with Gasteiger partial charge < -0.3 is 0 Å². The zero-order valence-corrected chi connectivity index (χ0v) is 11.4. The summed E-state index contributed by atoms with van der Waals surface area (Å²) in [4.78, 5) is 21.8. The SMILES string of the molecule is CC1=CC2=NC3C(=NC2=CC1C)C(=O)c1ccccc13. The van der Waals surface area contributed by atoms with Gasteiger partial charge in [-0.1, -0.05) is 36.8 Å². The summed E-state index contributed by atoms with van der Waals surface area (Å²) in [6.07, 6.45) is 4.18. The van der Waals surface area contributed by atoms with Gasteiger partial charge in [-0.25, -0.2) is 4.99 Å². The Balaban J connectivity index is 1.91. The van der Waals surface area contributed by atoms with E-state index in [1.807, 2.05) is 24.3 Å². The molecule has 1 heterocycles. The van der Waals surface area contributed by atoms with Gasteiger partial charge in [0.1, 0.15) is 11.8 Å². The van der Waals surface area contributed by atoms with Crippen molar-refractivity contribution in [2.45, 2.75) is 19.9 Å². The average molecular weight is 262 g/mol. The lowest BCUT2D eigenvalue weighted by Crippen LogP contribution is -2.21. The summed E-state index contributed by atoms with van der Waals surface area (Å²) in [5.74, 6) is 0.372. The van der Waals surface area contributed by atoms with E-state index in [2.05, 4.69) is 31.0 Å². The number of carbonyl (C=O) groups is 1. The van der Waals surface area contributed by atoms with Crippen molar-refractivity contribution >= 4 is 17.2 Å². The van der Waals surface area contributed by atoms with Gasteiger partial charge in [0, 0.05) is 5.56 Å². The van der Waals surface area contributed by atoms with Gasteiger partial charge in [0.25, 0.3) is 0 Å².